The first-order valence-corrected chi connectivity index (χ1v) is 6.65. The zero-order valence-corrected chi connectivity index (χ0v) is 14.7. The van der Waals surface area contributed by atoms with Crippen molar-refractivity contribution in [3.8, 4) is 7.16 Å². The quantitative estimate of drug-likeness (QED) is 0.466. The molecule has 0 N–H and O–H groups in total. The number of rotatable bonds is 0. The molecule has 0 amide bonds. The van der Waals surface area contributed by atoms with Crippen molar-refractivity contribution in [1.82, 2.24) is 0 Å². The van der Waals surface area contributed by atoms with Gasteiger partial charge in [-0.15, -0.1) is 0 Å². The maximum Gasteiger partial charge on any atom is -2.00 e. The smallest absolute Gasteiger partial charge is 2.00 e. The molecule has 0 aromatic heterocycles. The Hall–Kier alpha value is 0.810. The van der Waals surface area contributed by atoms with Gasteiger partial charge in [-0.3, -0.25) is 0 Å². The minimum atomic E-state index is 0. The largest absolute Gasteiger partial charge is 2.00 e. The van der Waals surface area contributed by atoms with Crippen LogP contribution in [-0.2, 0) is 57.7 Å². The standard InChI is InChI=1S/2CN.2Hg.O/c2*1-2;;;/q;;2*+1;-2. The Kier molecular flexibility index (Phi) is 65.1. The van der Waals surface area contributed by atoms with Crippen molar-refractivity contribution < 1.29 is 57.7 Å². The molecule has 28 valence electrons. The molecule has 0 bridgehead atoms. The molecular formula is C2Hg2N2O. The Bertz CT molecular complexity index is 68.7. The molecule has 0 fully saturated rings. The minimum absolute atomic E-state index is 0. The molecular weight excluding hydrogens is 469 g/mol. The molecule has 0 saturated carbocycles. The van der Waals surface area contributed by atoms with Gasteiger partial charge in [0.25, 0.3) is 0 Å². The van der Waals surface area contributed by atoms with Crippen LogP contribution in [0.4, 0.5) is 0 Å². The minimum Gasteiger partial charge on any atom is -2.00 e. The normalized spacial score (nSPS) is 2.57. The number of nitriles is 2. The van der Waals surface area contributed by atoms with Gasteiger partial charge in [0.2, 0.25) is 0 Å². The summed E-state index contributed by atoms with van der Waals surface area (Å²) in [6.07, 6.45) is 0. The Morgan fingerprint density at radius 3 is 1.00 bits per heavy atom. The monoisotopic (exact) mass is 472 g/mol. The van der Waals surface area contributed by atoms with Crippen LogP contribution in [0.5, 0.6) is 0 Å². The summed E-state index contributed by atoms with van der Waals surface area (Å²) in [5.41, 5.74) is 0. The van der Waals surface area contributed by atoms with Gasteiger partial charge in [-0.2, -0.15) is 0 Å². The third kappa shape index (κ3) is 240. The van der Waals surface area contributed by atoms with Crippen molar-refractivity contribution in [3.63, 3.8) is 0 Å². The summed E-state index contributed by atoms with van der Waals surface area (Å²) >= 11 is 0.744. The predicted octanol–water partition coefficient (Wildman–Crippen LogP) is -0.0902. The molecule has 0 aromatic rings. The van der Waals surface area contributed by atoms with Crippen molar-refractivity contribution in [2.24, 2.45) is 0 Å². The fourth-order valence-corrected chi connectivity index (χ4v) is 0. The fraction of sp³-hybridized carbons (Fsp3) is 0. The summed E-state index contributed by atoms with van der Waals surface area (Å²) in [6, 6.07) is 0. The summed E-state index contributed by atoms with van der Waals surface area (Å²) in [5.74, 6) is 0. The van der Waals surface area contributed by atoms with Gasteiger partial charge in [0.05, 0.1) is 0 Å². The van der Waals surface area contributed by atoms with E-state index in [9.17, 15) is 0 Å². The van der Waals surface area contributed by atoms with Crippen molar-refractivity contribution in [1.29, 1.82) is 10.5 Å². The SMILES string of the molecule is N#[C][Hg+].N#[C][Hg+].[O-2]. The molecule has 0 unspecified atom stereocenters. The molecule has 0 aliphatic rings. The maximum absolute atomic E-state index is 7.41. The summed E-state index contributed by atoms with van der Waals surface area (Å²) < 4.78 is 3.89. The van der Waals surface area contributed by atoms with Crippen LogP contribution in [0.1, 0.15) is 0 Å². The Morgan fingerprint density at radius 2 is 1.00 bits per heavy atom. The molecule has 5 heteroatoms. The van der Waals surface area contributed by atoms with Gasteiger partial charge in [-0.25, -0.2) is 0 Å². The van der Waals surface area contributed by atoms with E-state index in [2.05, 4.69) is 0 Å². The van der Waals surface area contributed by atoms with Crippen molar-refractivity contribution in [2.45, 2.75) is 0 Å². The van der Waals surface area contributed by atoms with Gasteiger partial charge in [-0.1, -0.05) is 0 Å². The van der Waals surface area contributed by atoms with Gasteiger partial charge in [0, 0.05) is 0 Å². The van der Waals surface area contributed by atoms with E-state index in [1.807, 2.05) is 7.16 Å². The summed E-state index contributed by atoms with van der Waals surface area (Å²) in [7, 11) is 0. The number of hydrogen-bond acceptors (Lipinski definition) is 2. The molecule has 0 radical (unpaired) electrons. The van der Waals surface area contributed by atoms with E-state index >= 15 is 0 Å². The third-order valence-electron chi connectivity index (χ3n) is 0. The van der Waals surface area contributed by atoms with Crippen LogP contribution in [-0.4, -0.2) is 0 Å². The zero-order valence-electron chi connectivity index (χ0n) is 3.72. The van der Waals surface area contributed by atoms with Gasteiger partial charge >= 0.3 is 69.9 Å². The van der Waals surface area contributed by atoms with E-state index < -0.39 is 0 Å². The van der Waals surface area contributed by atoms with Gasteiger partial charge in [0.15, 0.2) is 0 Å². The maximum atomic E-state index is 7.41. The van der Waals surface area contributed by atoms with Crippen molar-refractivity contribution >= 4 is 0 Å². The first kappa shape index (κ1) is 15.7. The molecule has 0 aromatic carbocycles. The average Bonchev–Trinajstić information content (AvgIpc) is 1.39. The van der Waals surface area contributed by atoms with Crippen LogP contribution in [0.25, 0.3) is 0 Å². The number of hydrogen-bond donors (Lipinski definition) is 0. The van der Waals surface area contributed by atoms with E-state index in [1.54, 1.807) is 0 Å². The molecule has 0 rings (SSSR count). The van der Waals surface area contributed by atoms with Crippen LogP contribution in [0.15, 0.2) is 0 Å². The van der Waals surface area contributed by atoms with Crippen LogP contribution in [0, 0.1) is 17.7 Å². The summed E-state index contributed by atoms with van der Waals surface area (Å²) in [5, 5.41) is 14.8. The molecule has 0 saturated heterocycles. The second-order valence-electron chi connectivity index (χ2n) is 0.316. The average molecular weight is 469 g/mol. The van der Waals surface area contributed by atoms with E-state index in [0.717, 1.165) is 0 Å². The molecule has 0 heterocycles. The van der Waals surface area contributed by atoms with E-state index in [0.29, 0.717) is 52.2 Å². The molecule has 0 spiro atoms. The third-order valence-corrected chi connectivity index (χ3v) is 0. The van der Waals surface area contributed by atoms with Crippen LogP contribution < -0.4 is 0 Å². The summed E-state index contributed by atoms with van der Waals surface area (Å²) in [4.78, 5) is 0. The van der Waals surface area contributed by atoms with Crippen molar-refractivity contribution in [3.05, 3.63) is 0 Å². The first-order chi connectivity index (χ1) is 2.83. The van der Waals surface area contributed by atoms with Gasteiger partial charge in [0.1, 0.15) is 0 Å². The van der Waals surface area contributed by atoms with Crippen LogP contribution in [0.3, 0.4) is 0 Å². The molecule has 0 aliphatic carbocycles. The van der Waals surface area contributed by atoms with E-state index in [1.165, 1.54) is 0 Å². The van der Waals surface area contributed by atoms with Crippen molar-refractivity contribution in [2.75, 3.05) is 0 Å². The van der Waals surface area contributed by atoms with E-state index in [-0.39, 0.29) is 5.48 Å². The zero-order chi connectivity index (χ0) is 5.41. The van der Waals surface area contributed by atoms with E-state index in [4.69, 9.17) is 10.5 Å². The Morgan fingerprint density at radius 1 is 1.00 bits per heavy atom. The Labute approximate surface area is 74.6 Å². The van der Waals surface area contributed by atoms with Crippen LogP contribution in [0.2, 0.25) is 0 Å². The number of nitrogens with zero attached hydrogens (tertiary/aromatic N) is 2. The second-order valence-corrected chi connectivity index (χ2v) is 2.77. The van der Waals surface area contributed by atoms with Gasteiger partial charge < -0.3 is 5.48 Å². The molecule has 7 heavy (non-hydrogen) atoms. The predicted molar refractivity (Wildman–Crippen MR) is 11.9 cm³/mol. The van der Waals surface area contributed by atoms with Gasteiger partial charge in [-0.05, 0) is 0 Å². The fourth-order valence-electron chi connectivity index (χ4n) is 0. The molecule has 0 aliphatic heterocycles. The summed E-state index contributed by atoms with van der Waals surface area (Å²) in [6.45, 7) is 0. The Balaban J connectivity index is -0.0000000400. The second kappa shape index (κ2) is 29.1. The molecule has 3 nitrogen and oxygen atoms in total. The topological polar surface area (TPSA) is 76.1 Å². The first-order valence-electron chi connectivity index (χ1n) is 1.15. The molecule has 0 atom stereocenters. The van der Waals surface area contributed by atoms with Crippen LogP contribution >= 0.6 is 0 Å².